The van der Waals surface area contributed by atoms with Crippen molar-refractivity contribution in [2.45, 2.75) is 109 Å². The van der Waals surface area contributed by atoms with Crippen molar-refractivity contribution in [3.05, 3.63) is 59.4 Å². The molecule has 0 unspecified atom stereocenters. The molecule has 0 bridgehead atoms. The highest BCUT2D eigenvalue weighted by Crippen LogP contribution is 2.40. The average molecular weight is 467 g/mol. The van der Waals surface area contributed by atoms with Crippen LogP contribution in [-0.4, -0.2) is 6.67 Å². The molecule has 2 aliphatic carbocycles. The van der Waals surface area contributed by atoms with Crippen molar-refractivity contribution < 1.29 is 8.78 Å². The van der Waals surface area contributed by atoms with Crippen LogP contribution in [0.25, 0.3) is 11.1 Å². The third-order valence-corrected chi connectivity index (χ3v) is 8.81. The van der Waals surface area contributed by atoms with Gasteiger partial charge in [-0.25, -0.2) is 4.39 Å². The summed E-state index contributed by atoms with van der Waals surface area (Å²) in [5.41, 5.74) is 4.44. The standard InChI is InChI=1S/C32H44F2/c1-2-3-6-24-10-14-29(15-11-24)31-21-20-30(23-32(31)34)28-18-16-27(17-19-28)26-12-8-25(9-13-26)7-4-5-22-33/h16-21,23-26,29H,2-15,22H2,1H3. The van der Waals surface area contributed by atoms with Crippen molar-refractivity contribution in [1.29, 1.82) is 0 Å². The number of halogens is 2. The van der Waals surface area contributed by atoms with Gasteiger partial charge in [0.15, 0.2) is 0 Å². The first-order valence-corrected chi connectivity index (χ1v) is 14.1. The Morgan fingerprint density at radius 1 is 0.676 bits per heavy atom. The Morgan fingerprint density at radius 2 is 1.26 bits per heavy atom. The second-order valence-electron chi connectivity index (χ2n) is 11.1. The molecule has 0 aromatic heterocycles. The summed E-state index contributed by atoms with van der Waals surface area (Å²) in [6.45, 7) is 2.09. The van der Waals surface area contributed by atoms with Gasteiger partial charge >= 0.3 is 0 Å². The van der Waals surface area contributed by atoms with Crippen molar-refractivity contribution in [1.82, 2.24) is 0 Å². The van der Waals surface area contributed by atoms with Gasteiger partial charge in [-0.2, -0.15) is 0 Å². The predicted molar refractivity (Wildman–Crippen MR) is 141 cm³/mol. The summed E-state index contributed by atoms with van der Waals surface area (Å²) in [6, 6.07) is 14.8. The molecule has 4 rings (SSSR count). The van der Waals surface area contributed by atoms with Gasteiger partial charge in [-0.1, -0.05) is 75.4 Å². The van der Waals surface area contributed by atoms with Crippen LogP contribution >= 0.6 is 0 Å². The molecule has 2 aliphatic rings. The molecule has 2 heteroatoms. The van der Waals surface area contributed by atoms with E-state index in [0.717, 1.165) is 54.2 Å². The fraction of sp³-hybridized carbons (Fsp3) is 0.625. The molecule has 0 spiro atoms. The lowest BCUT2D eigenvalue weighted by molar-refractivity contribution is 0.298. The summed E-state index contributed by atoms with van der Waals surface area (Å²) in [7, 11) is 0. The monoisotopic (exact) mass is 466 g/mol. The van der Waals surface area contributed by atoms with Gasteiger partial charge in [0.1, 0.15) is 5.82 Å². The minimum atomic E-state index is -0.172. The summed E-state index contributed by atoms with van der Waals surface area (Å²) in [5, 5.41) is 0. The van der Waals surface area contributed by atoms with E-state index in [-0.39, 0.29) is 12.5 Å². The normalized spacial score (nSPS) is 25.4. The molecular weight excluding hydrogens is 422 g/mol. The number of hydrogen-bond donors (Lipinski definition) is 0. The lowest BCUT2D eigenvalue weighted by Gasteiger charge is -2.29. The molecule has 2 aromatic rings. The number of benzene rings is 2. The number of hydrogen-bond acceptors (Lipinski definition) is 0. The average Bonchev–Trinajstić information content (AvgIpc) is 2.88. The van der Waals surface area contributed by atoms with E-state index >= 15 is 4.39 Å². The van der Waals surface area contributed by atoms with E-state index in [1.165, 1.54) is 69.8 Å². The maximum absolute atomic E-state index is 15.1. The predicted octanol–water partition coefficient (Wildman–Crippen LogP) is 10.4. The van der Waals surface area contributed by atoms with Crippen molar-refractivity contribution in [3.63, 3.8) is 0 Å². The molecule has 2 fully saturated rings. The molecular formula is C32H44F2. The van der Waals surface area contributed by atoms with Crippen molar-refractivity contribution in [3.8, 4) is 11.1 Å². The van der Waals surface area contributed by atoms with Gasteiger partial charge in [0, 0.05) is 0 Å². The van der Waals surface area contributed by atoms with E-state index in [4.69, 9.17) is 0 Å². The van der Waals surface area contributed by atoms with Gasteiger partial charge in [0.25, 0.3) is 0 Å². The molecule has 0 nitrogen and oxygen atoms in total. The van der Waals surface area contributed by atoms with E-state index in [9.17, 15) is 4.39 Å². The highest BCUT2D eigenvalue weighted by atomic mass is 19.1. The molecule has 0 aliphatic heterocycles. The van der Waals surface area contributed by atoms with Crippen molar-refractivity contribution in [2.75, 3.05) is 6.67 Å². The van der Waals surface area contributed by atoms with Gasteiger partial charge in [0.2, 0.25) is 0 Å². The number of alkyl halides is 1. The quantitative estimate of drug-likeness (QED) is 0.305. The van der Waals surface area contributed by atoms with Gasteiger partial charge in [0.05, 0.1) is 6.67 Å². The Hall–Kier alpha value is -1.70. The highest BCUT2D eigenvalue weighted by Gasteiger charge is 2.25. The Kier molecular flexibility index (Phi) is 9.59. The minimum absolute atomic E-state index is 0.0235. The maximum Gasteiger partial charge on any atom is 0.127 e. The zero-order valence-electron chi connectivity index (χ0n) is 21.2. The topological polar surface area (TPSA) is 0 Å². The third-order valence-electron chi connectivity index (χ3n) is 8.81. The lowest BCUT2D eigenvalue weighted by atomic mass is 9.76. The first-order chi connectivity index (χ1) is 16.7. The van der Waals surface area contributed by atoms with E-state index in [1.54, 1.807) is 6.07 Å². The van der Waals surface area contributed by atoms with Crippen molar-refractivity contribution >= 4 is 0 Å². The third kappa shape index (κ3) is 6.70. The fourth-order valence-corrected chi connectivity index (χ4v) is 6.55. The second kappa shape index (κ2) is 12.8. The smallest absolute Gasteiger partial charge is 0.127 e. The summed E-state index contributed by atoms with van der Waals surface area (Å²) < 4.78 is 27.5. The van der Waals surface area contributed by atoms with E-state index < -0.39 is 0 Å². The lowest BCUT2D eigenvalue weighted by Crippen LogP contribution is -2.14. The van der Waals surface area contributed by atoms with Crippen LogP contribution in [0.1, 0.15) is 120 Å². The van der Waals surface area contributed by atoms with E-state index in [2.05, 4.69) is 43.3 Å². The largest absolute Gasteiger partial charge is 0.251 e. The van der Waals surface area contributed by atoms with Crippen LogP contribution in [0.5, 0.6) is 0 Å². The molecule has 0 radical (unpaired) electrons. The summed E-state index contributed by atoms with van der Waals surface area (Å²) in [5.74, 6) is 2.65. The Balaban J connectivity index is 1.31. The number of rotatable bonds is 10. The molecule has 34 heavy (non-hydrogen) atoms. The van der Waals surface area contributed by atoms with Crippen LogP contribution in [0.3, 0.4) is 0 Å². The van der Waals surface area contributed by atoms with Crippen LogP contribution in [0.2, 0.25) is 0 Å². The molecule has 186 valence electrons. The SMILES string of the molecule is CCCCC1CCC(c2ccc(-c3ccc(C4CCC(CCCCF)CC4)cc3)cc2F)CC1. The first-order valence-electron chi connectivity index (χ1n) is 14.1. The van der Waals surface area contributed by atoms with Crippen molar-refractivity contribution in [2.24, 2.45) is 11.8 Å². The zero-order valence-corrected chi connectivity index (χ0v) is 21.2. The molecule has 2 saturated carbocycles. The van der Waals surface area contributed by atoms with Crippen LogP contribution in [0.15, 0.2) is 42.5 Å². The first kappa shape index (κ1) is 25.4. The van der Waals surface area contributed by atoms with E-state index in [0.29, 0.717) is 11.8 Å². The molecule has 0 N–H and O–H groups in total. The maximum atomic E-state index is 15.1. The van der Waals surface area contributed by atoms with Gasteiger partial charge < -0.3 is 0 Å². The Morgan fingerprint density at radius 3 is 1.85 bits per heavy atom. The molecule has 0 amide bonds. The minimum Gasteiger partial charge on any atom is -0.251 e. The molecule has 0 heterocycles. The second-order valence-corrected chi connectivity index (χ2v) is 11.1. The Labute approximate surface area is 206 Å². The molecule has 2 aromatic carbocycles. The number of unbranched alkanes of at least 4 members (excludes halogenated alkanes) is 2. The molecule has 0 atom stereocenters. The zero-order chi connectivity index (χ0) is 23.8. The van der Waals surface area contributed by atoms with Gasteiger partial charge in [-0.3, -0.25) is 4.39 Å². The summed E-state index contributed by atoms with van der Waals surface area (Å²) >= 11 is 0. The Bertz CT molecular complexity index is 855. The van der Waals surface area contributed by atoms with E-state index in [1.807, 2.05) is 0 Å². The molecule has 0 saturated heterocycles. The van der Waals surface area contributed by atoms with Crippen LogP contribution in [0, 0.1) is 17.7 Å². The van der Waals surface area contributed by atoms with Gasteiger partial charge in [-0.05, 0) is 110 Å². The van der Waals surface area contributed by atoms with Crippen LogP contribution in [-0.2, 0) is 0 Å². The highest BCUT2D eigenvalue weighted by molar-refractivity contribution is 5.64. The van der Waals surface area contributed by atoms with Crippen LogP contribution in [0.4, 0.5) is 8.78 Å². The van der Waals surface area contributed by atoms with Crippen LogP contribution < -0.4 is 0 Å². The van der Waals surface area contributed by atoms with Gasteiger partial charge in [-0.15, -0.1) is 0 Å². The summed E-state index contributed by atoms with van der Waals surface area (Å²) in [4.78, 5) is 0. The summed E-state index contributed by atoms with van der Waals surface area (Å²) in [6.07, 6.45) is 16.7. The fourth-order valence-electron chi connectivity index (χ4n) is 6.55.